The van der Waals surface area contributed by atoms with Crippen molar-refractivity contribution in [1.29, 1.82) is 0 Å². The third-order valence-electron chi connectivity index (χ3n) is 8.12. The van der Waals surface area contributed by atoms with Gasteiger partial charge in [0.05, 0.1) is 18.5 Å². The monoisotopic (exact) mass is 668 g/mol. The minimum atomic E-state index is -0.262. The molecule has 4 aromatic rings. The molecule has 46 heavy (non-hydrogen) atoms. The minimum absolute atomic E-state index is 0.169. The molecule has 0 radical (unpaired) electrons. The molecule has 6 rings (SSSR count). The van der Waals surface area contributed by atoms with E-state index in [-0.39, 0.29) is 30.5 Å². The van der Waals surface area contributed by atoms with E-state index in [2.05, 4.69) is 30.6 Å². The zero-order valence-corrected chi connectivity index (χ0v) is 26.7. The number of nitrogens with two attached hydrogens (primary N) is 2. The molecule has 2 saturated carbocycles. The lowest BCUT2D eigenvalue weighted by Crippen LogP contribution is -2.34. The molecule has 2 aliphatic rings. The second kappa shape index (κ2) is 15.9. The minimum Gasteiger partial charge on any atom is -0.452 e. The van der Waals surface area contributed by atoms with E-state index in [1.165, 1.54) is 6.20 Å². The lowest BCUT2D eigenvalue weighted by molar-refractivity contribution is 0.0989. The highest BCUT2D eigenvalue weighted by Crippen LogP contribution is 2.35. The molecule has 2 aromatic carbocycles. The summed E-state index contributed by atoms with van der Waals surface area (Å²) in [5, 5.41) is 26.9. The molecule has 0 spiro atoms. The van der Waals surface area contributed by atoms with E-state index in [1.54, 1.807) is 54.7 Å². The molecule has 0 amide bonds. The van der Waals surface area contributed by atoms with Gasteiger partial charge < -0.3 is 41.8 Å². The third-order valence-corrected chi connectivity index (χ3v) is 8.63. The van der Waals surface area contributed by atoms with E-state index < -0.39 is 0 Å². The molecular weight excluding hydrogens is 631 g/mol. The number of benzene rings is 2. The normalized spacial score (nSPS) is 20.2. The van der Waals surface area contributed by atoms with E-state index in [4.69, 9.17) is 44.1 Å². The summed E-state index contributed by atoms with van der Waals surface area (Å²) in [4.78, 5) is 16.4. The first-order valence-corrected chi connectivity index (χ1v) is 15.9. The summed E-state index contributed by atoms with van der Waals surface area (Å²) < 4.78 is 11.6. The van der Waals surface area contributed by atoms with Gasteiger partial charge in [-0.3, -0.25) is 0 Å². The first-order valence-electron chi connectivity index (χ1n) is 15.2. The number of nitrogen functional groups attached to an aromatic ring is 2. The summed E-state index contributed by atoms with van der Waals surface area (Å²) in [6, 6.07) is 14.1. The highest BCUT2D eigenvalue weighted by molar-refractivity contribution is 6.30. The predicted molar refractivity (Wildman–Crippen MR) is 180 cm³/mol. The first kappa shape index (κ1) is 33.3. The van der Waals surface area contributed by atoms with Crippen molar-refractivity contribution in [2.75, 3.05) is 41.8 Å². The van der Waals surface area contributed by atoms with Crippen LogP contribution in [0.15, 0.2) is 60.9 Å². The molecule has 4 atom stereocenters. The second-order valence-corrected chi connectivity index (χ2v) is 12.2. The molecule has 0 bridgehead atoms. The maximum Gasteiger partial charge on any atom is 0.222 e. The van der Waals surface area contributed by atoms with Crippen molar-refractivity contribution in [3.8, 4) is 23.0 Å². The highest BCUT2D eigenvalue weighted by Gasteiger charge is 2.30. The van der Waals surface area contributed by atoms with Crippen LogP contribution in [0.5, 0.6) is 23.0 Å². The summed E-state index contributed by atoms with van der Waals surface area (Å²) in [7, 11) is 0. The number of nitrogens with one attached hydrogen (secondary N) is 2. The van der Waals surface area contributed by atoms with Crippen LogP contribution in [0, 0.1) is 17.8 Å². The van der Waals surface area contributed by atoms with Crippen LogP contribution < -0.4 is 31.6 Å². The molecule has 8 N–H and O–H groups in total. The Morgan fingerprint density at radius 1 is 0.696 bits per heavy atom. The Bertz CT molecular complexity index is 1560. The van der Waals surface area contributed by atoms with Gasteiger partial charge in [-0.05, 0) is 86.1 Å². The van der Waals surface area contributed by atoms with Crippen molar-refractivity contribution < 1.29 is 19.7 Å². The van der Waals surface area contributed by atoms with E-state index in [0.29, 0.717) is 63.1 Å². The summed E-state index contributed by atoms with van der Waals surface area (Å²) in [6.45, 7) is 1.57. The fourth-order valence-corrected chi connectivity index (χ4v) is 5.54. The summed E-state index contributed by atoms with van der Waals surface area (Å²) in [6.07, 6.45) is 7.90. The topological polar surface area (TPSA) is 187 Å². The highest BCUT2D eigenvalue weighted by atomic mass is 35.5. The Kier molecular flexibility index (Phi) is 11.5. The van der Waals surface area contributed by atoms with Crippen LogP contribution in [0.25, 0.3) is 0 Å². The van der Waals surface area contributed by atoms with Crippen LogP contribution in [-0.4, -0.2) is 55.9 Å². The van der Waals surface area contributed by atoms with Gasteiger partial charge in [-0.1, -0.05) is 29.6 Å². The van der Waals surface area contributed by atoms with Gasteiger partial charge in [-0.2, -0.15) is 9.97 Å². The van der Waals surface area contributed by atoms with Crippen molar-refractivity contribution in [3.05, 3.63) is 71.0 Å². The van der Waals surface area contributed by atoms with Gasteiger partial charge in [-0.15, -0.1) is 0 Å². The standard InChI is InChI=1S/2C16H19ClN4O2/c17-12-3-5-13(6-4-12)23-14-8-20-16(18)21-15(14)19-7-10-1-2-11(10)9-22;17-11-4-6-12(7-5-11)23-14-9-20-16(18)21-15(14)19-8-10-2-1-3-13(10)22/h3-6,8,10-11,22H,1-2,7,9H2,(H3,18,19,20,21);4-7,9-10,13,22H,1-3,8H2,(H3,18,19,20,21)/t10-,11-;10-,13-/m00/s1. The Morgan fingerprint density at radius 3 is 1.59 bits per heavy atom. The van der Waals surface area contributed by atoms with E-state index in [9.17, 15) is 10.2 Å². The molecule has 0 aliphatic heterocycles. The first-order chi connectivity index (χ1) is 22.3. The molecule has 2 fully saturated rings. The van der Waals surface area contributed by atoms with Crippen molar-refractivity contribution in [2.24, 2.45) is 17.8 Å². The van der Waals surface area contributed by atoms with Crippen molar-refractivity contribution in [1.82, 2.24) is 19.9 Å². The zero-order valence-electron chi connectivity index (χ0n) is 25.2. The summed E-state index contributed by atoms with van der Waals surface area (Å²) >= 11 is 11.7. The fraction of sp³-hybridized carbons (Fsp3) is 0.375. The predicted octanol–water partition coefficient (Wildman–Crippen LogP) is 6.01. The van der Waals surface area contributed by atoms with Gasteiger partial charge in [0.1, 0.15) is 11.5 Å². The molecule has 0 saturated heterocycles. The van der Waals surface area contributed by atoms with E-state index >= 15 is 0 Å². The molecule has 2 aromatic heterocycles. The quantitative estimate of drug-likeness (QED) is 0.109. The number of anilines is 4. The Labute approximate surface area is 277 Å². The van der Waals surface area contributed by atoms with Crippen LogP contribution in [0.4, 0.5) is 23.5 Å². The van der Waals surface area contributed by atoms with Gasteiger partial charge in [0, 0.05) is 35.7 Å². The van der Waals surface area contributed by atoms with Crippen molar-refractivity contribution >= 4 is 46.7 Å². The number of hydrogen-bond donors (Lipinski definition) is 6. The SMILES string of the molecule is Nc1ncc(Oc2ccc(Cl)cc2)c(NC[C@@H]2CCC[C@@H]2O)n1.Nc1ncc(Oc2ccc(Cl)cc2)c(NC[C@@H]2CC[C@H]2CO)n1. The lowest BCUT2D eigenvalue weighted by atomic mass is 9.74. The van der Waals surface area contributed by atoms with Crippen molar-refractivity contribution in [2.45, 2.75) is 38.2 Å². The van der Waals surface area contributed by atoms with Gasteiger partial charge in [0.2, 0.25) is 11.9 Å². The number of hydrogen-bond acceptors (Lipinski definition) is 12. The molecule has 12 nitrogen and oxygen atoms in total. The number of rotatable bonds is 11. The Hall–Kier alpha value is -4.10. The fourth-order valence-electron chi connectivity index (χ4n) is 5.29. The maximum atomic E-state index is 9.91. The van der Waals surface area contributed by atoms with Gasteiger partial charge in [0.15, 0.2) is 23.1 Å². The lowest BCUT2D eigenvalue weighted by Gasteiger charge is -2.35. The number of aromatic nitrogens is 4. The van der Waals surface area contributed by atoms with Gasteiger partial charge >= 0.3 is 0 Å². The maximum absolute atomic E-state index is 9.91. The largest absolute Gasteiger partial charge is 0.452 e. The number of aliphatic hydroxyl groups excluding tert-OH is 2. The molecule has 244 valence electrons. The molecule has 14 heteroatoms. The summed E-state index contributed by atoms with van der Waals surface area (Å²) in [5.74, 6) is 4.70. The zero-order chi connectivity index (χ0) is 32.5. The number of ether oxygens (including phenoxy) is 2. The molecular formula is C32H38Cl2N8O4. The molecule has 2 aliphatic carbocycles. The average Bonchev–Trinajstić information content (AvgIpc) is 3.45. The Morgan fingerprint density at radius 2 is 1.17 bits per heavy atom. The van der Waals surface area contributed by atoms with Crippen LogP contribution >= 0.6 is 23.2 Å². The average molecular weight is 670 g/mol. The van der Waals surface area contributed by atoms with Crippen LogP contribution in [0.2, 0.25) is 10.0 Å². The second-order valence-electron chi connectivity index (χ2n) is 11.3. The molecule has 2 heterocycles. The van der Waals surface area contributed by atoms with Crippen molar-refractivity contribution in [3.63, 3.8) is 0 Å². The third kappa shape index (κ3) is 9.23. The summed E-state index contributed by atoms with van der Waals surface area (Å²) in [5.41, 5.74) is 11.3. The number of aliphatic hydroxyl groups is 2. The molecule has 0 unspecified atom stereocenters. The van der Waals surface area contributed by atoms with Crippen LogP contribution in [0.1, 0.15) is 32.1 Å². The number of halogens is 2. The number of nitrogens with zero attached hydrogens (tertiary/aromatic N) is 4. The van der Waals surface area contributed by atoms with Crippen LogP contribution in [0.3, 0.4) is 0 Å². The van der Waals surface area contributed by atoms with Crippen LogP contribution in [-0.2, 0) is 0 Å². The van der Waals surface area contributed by atoms with E-state index in [1.807, 2.05) is 0 Å². The van der Waals surface area contributed by atoms with Gasteiger partial charge in [0.25, 0.3) is 0 Å². The van der Waals surface area contributed by atoms with Gasteiger partial charge in [-0.25, -0.2) is 9.97 Å². The van der Waals surface area contributed by atoms with E-state index in [0.717, 1.165) is 38.6 Å². The Balaban J connectivity index is 0.000000181. The smallest absolute Gasteiger partial charge is 0.222 e.